The fraction of sp³-hybridized carbons (Fsp3) is 0.533. The van der Waals surface area contributed by atoms with Crippen LogP contribution in [0, 0.1) is 11.7 Å². The van der Waals surface area contributed by atoms with Gasteiger partial charge in [-0.1, -0.05) is 12.8 Å². The van der Waals surface area contributed by atoms with E-state index in [0.29, 0.717) is 24.1 Å². The Bertz CT molecular complexity index is 455. The molecule has 0 amide bonds. The minimum absolute atomic E-state index is 0.131. The highest BCUT2D eigenvalue weighted by atomic mass is 19.1. The van der Waals surface area contributed by atoms with Crippen LogP contribution in [0.4, 0.5) is 4.39 Å². The average molecular weight is 265 g/mol. The smallest absolute Gasteiger partial charge is 0.335 e. The molecule has 1 atom stereocenters. The highest BCUT2D eigenvalue weighted by molar-refractivity contribution is 5.87. The maximum absolute atomic E-state index is 13.6. The molecule has 0 aliphatic heterocycles. The molecule has 0 saturated heterocycles. The zero-order valence-corrected chi connectivity index (χ0v) is 11.2. The van der Waals surface area contributed by atoms with E-state index >= 15 is 0 Å². The van der Waals surface area contributed by atoms with Gasteiger partial charge in [0, 0.05) is 18.2 Å². The van der Waals surface area contributed by atoms with Gasteiger partial charge >= 0.3 is 5.97 Å². The summed E-state index contributed by atoms with van der Waals surface area (Å²) in [6.45, 7) is 2.50. The average Bonchev–Trinajstić information content (AvgIpc) is 2.91. The van der Waals surface area contributed by atoms with Crippen molar-refractivity contribution in [1.29, 1.82) is 0 Å². The van der Waals surface area contributed by atoms with E-state index in [1.807, 2.05) is 0 Å². The van der Waals surface area contributed by atoms with Crippen LogP contribution < -0.4 is 5.32 Å². The molecule has 2 rings (SSSR count). The predicted molar refractivity (Wildman–Crippen MR) is 71.6 cm³/mol. The van der Waals surface area contributed by atoms with Crippen molar-refractivity contribution in [2.75, 3.05) is 0 Å². The molecule has 2 N–H and O–H groups in total. The second-order valence-electron chi connectivity index (χ2n) is 5.33. The lowest BCUT2D eigenvalue weighted by atomic mass is 9.99. The van der Waals surface area contributed by atoms with E-state index < -0.39 is 5.97 Å². The van der Waals surface area contributed by atoms with Crippen LogP contribution in [-0.2, 0) is 6.54 Å². The molecular weight excluding hydrogens is 245 g/mol. The summed E-state index contributed by atoms with van der Waals surface area (Å²) in [5.74, 6) is -0.716. The number of hydrogen-bond acceptors (Lipinski definition) is 2. The van der Waals surface area contributed by atoms with Crippen molar-refractivity contribution in [2.24, 2.45) is 5.92 Å². The van der Waals surface area contributed by atoms with Gasteiger partial charge in [-0.3, -0.25) is 0 Å². The lowest BCUT2D eigenvalue weighted by Crippen LogP contribution is -2.32. The monoisotopic (exact) mass is 265 g/mol. The van der Waals surface area contributed by atoms with Gasteiger partial charge in [-0.15, -0.1) is 0 Å². The molecule has 1 unspecified atom stereocenters. The first kappa shape index (κ1) is 14.0. The SMILES string of the molecule is CC(NCc1cc(C(=O)O)ccc1F)C1CCCC1. The lowest BCUT2D eigenvalue weighted by molar-refractivity contribution is 0.0696. The minimum Gasteiger partial charge on any atom is -0.478 e. The van der Waals surface area contributed by atoms with Crippen LogP contribution in [-0.4, -0.2) is 17.1 Å². The Morgan fingerprint density at radius 3 is 2.79 bits per heavy atom. The molecule has 4 heteroatoms. The molecule has 0 aromatic heterocycles. The van der Waals surface area contributed by atoms with Crippen LogP contribution in [0.15, 0.2) is 18.2 Å². The van der Waals surface area contributed by atoms with Gasteiger partial charge in [-0.05, 0) is 43.9 Å². The maximum atomic E-state index is 13.6. The van der Waals surface area contributed by atoms with Crippen LogP contribution in [0.25, 0.3) is 0 Å². The fourth-order valence-electron chi connectivity index (χ4n) is 2.74. The third-order valence-corrected chi connectivity index (χ3v) is 4.01. The van der Waals surface area contributed by atoms with E-state index in [1.165, 1.54) is 43.9 Å². The third kappa shape index (κ3) is 3.53. The predicted octanol–water partition coefficient (Wildman–Crippen LogP) is 3.19. The largest absolute Gasteiger partial charge is 0.478 e. The number of nitrogens with one attached hydrogen (secondary N) is 1. The molecule has 1 fully saturated rings. The summed E-state index contributed by atoms with van der Waals surface area (Å²) in [4.78, 5) is 10.9. The Morgan fingerprint density at radius 2 is 2.16 bits per heavy atom. The number of aromatic carboxylic acids is 1. The maximum Gasteiger partial charge on any atom is 0.335 e. The summed E-state index contributed by atoms with van der Waals surface area (Å²) >= 11 is 0. The third-order valence-electron chi connectivity index (χ3n) is 4.01. The molecule has 1 aromatic rings. The van der Waals surface area contributed by atoms with E-state index in [9.17, 15) is 9.18 Å². The highest BCUT2D eigenvalue weighted by Crippen LogP contribution is 2.27. The van der Waals surface area contributed by atoms with E-state index in [-0.39, 0.29) is 11.4 Å². The summed E-state index contributed by atoms with van der Waals surface area (Å²) in [6.07, 6.45) is 5.01. The number of halogens is 1. The molecule has 104 valence electrons. The van der Waals surface area contributed by atoms with Gasteiger partial charge in [0.2, 0.25) is 0 Å². The molecule has 19 heavy (non-hydrogen) atoms. The number of rotatable bonds is 5. The first-order valence-electron chi connectivity index (χ1n) is 6.83. The van der Waals surface area contributed by atoms with E-state index in [1.54, 1.807) is 0 Å². The minimum atomic E-state index is -1.02. The highest BCUT2D eigenvalue weighted by Gasteiger charge is 2.21. The normalized spacial score (nSPS) is 17.6. The van der Waals surface area contributed by atoms with Gasteiger partial charge in [0.25, 0.3) is 0 Å². The van der Waals surface area contributed by atoms with Crippen molar-refractivity contribution in [2.45, 2.75) is 45.2 Å². The summed E-state index contributed by atoms with van der Waals surface area (Å²) in [7, 11) is 0. The first-order chi connectivity index (χ1) is 9.08. The van der Waals surface area contributed by atoms with Gasteiger partial charge in [0.15, 0.2) is 0 Å². The van der Waals surface area contributed by atoms with Crippen LogP contribution >= 0.6 is 0 Å². The van der Waals surface area contributed by atoms with Crippen LogP contribution in [0.1, 0.15) is 48.5 Å². The topological polar surface area (TPSA) is 49.3 Å². The van der Waals surface area contributed by atoms with Crippen molar-refractivity contribution >= 4 is 5.97 Å². The molecule has 1 aliphatic carbocycles. The summed E-state index contributed by atoms with van der Waals surface area (Å²) in [6, 6.07) is 4.27. The molecule has 1 saturated carbocycles. The Hall–Kier alpha value is -1.42. The molecule has 0 heterocycles. The van der Waals surface area contributed by atoms with Crippen molar-refractivity contribution in [3.63, 3.8) is 0 Å². The van der Waals surface area contributed by atoms with Crippen LogP contribution in [0.2, 0.25) is 0 Å². The van der Waals surface area contributed by atoms with E-state index in [0.717, 1.165) is 0 Å². The Morgan fingerprint density at radius 1 is 1.47 bits per heavy atom. The van der Waals surface area contributed by atoms with Gasteiger partial charge < -0.3 is 10.4 Å². The quantitative estimate of drug-likeness (QED) is 0.859. The first-order valence-corrected chi connectivity index (χ1v) is 6.83. The second kappa shape index (κ2) is 6.15. The summed E-state index contributed by atoms with van der Waals surface area (Å²) in [5.41, 5.74) is 0.552. The Labute approximate surface area is 112 Å². The van der Waals surface area contributed by atoms with Crippen molar-refractivity contribution in [1.82, 2.24) is 5.32 Å². The Kier molecular flexibility index (Phi) is 4.53. The van der Waals surface area contributed by atoms with Gasteiger partial charge in [0.05, 0.1) is 5.56 Å². The van der Waals surface area contributed by atoms with Crippen molar-refractivity contribution < 1.29 is 14.3 Å². The summed E-state index contributed by atoms with van der Waals surface area (Å²) in [5, 5.41) is 12.2. The van der Waals surface area contributed by atoms with Crippen molar-refractivity contribution in [3.8, 4) is 0 Å². The van der Waals surface area contributed by atoms with E-state index in [4.69, 9.17) is 5.11 Å². The van der Waals surface area contributed by atoms with Crippen LogP contribution in [0.5, 0.6) is 0 Å². The van der Waals surface area contributed by atoms with Gasteiger partial charge in [0.1, 0.15) is 5.82 Å². The number of carboxylic acid groups (broad SMARTS) is 1. The molecule has 0 radical (unpaired) electrons. The molecule has 0 bridgehead atoms. The lowest BCUT2D eigenvalue weighted by Gasteiger charge is -2.20. The number of carbonyl (C=O) groups is 1. The fourth-order valence-corrected chi connectivity index (χ4v) is 2.74. The van der Waals surface area contributed by atoms with Gasteiger partial charge in [-0.2, -0.15) is 0 Å². The summed E-state index contributed by atoms with van der Waals surface area (Å²) < 4.78 is 13.6. The zero-order valence-electron chi connectivity index (χ0n) is 11.2. The Balaban J connectivity index is 1.98. The van der Waals surface area contributed by atoms with Gasteiger partial charge in [-0.25, -0.2) is 9.18 Å². The molecular formula is C15H20FNO2. The molecule has 0 spiro atoms. The molecule has 3 nitrogen and oxygen atoms in total. The number of benzene rings is 1. The van der Waals surface area contributed by atoms with Crippen molar-refractivity contribution in [3.05, 3.63) is 35.1 Å². The van der Waals surface area contributed by atoms with E-state index in [2.05, 4.69) is 12.2 Å². The molecule has 1 aromatic carbocycles. The van der Waals surface area contributed by atoms with Crippen LogP contribution in [0.3, 0.4) is 0 Å². The number of carboxylic acids is 1. The zero-order chi connectivity index (χ0) is 13.8. The molecule has 1 aliphatic rings. The second-order valence-corrected chi connectivity index (χ2v) is 5.33. The number of hydrogen-bond donors (Lipinski definition) is 2. The standard InChI is InChI=1S/C15H20FNO2/c1-10(11-4-2-3-5-11)17-9-13-8-12(15(18)19)6-7-14(13)16/h6-8,10-11,17H,2-5,9H2,1H3,(H,18,19).